The molecule has 8 heteroatoms. The molecule has 0 aromatic carbocycles. The highest BCUT2D eigenvalue weighted by Crippen LogP contribution is 2.16. The van der Waals surface area contributed by atoms with E-state index in [1.54, 1.807) is 13.8 Å². The monoisotopic (exact) mass is 268 g/mol. The van der Waals surface area contributed by atoms with Gasteiger partial charge in [0.2, 0.25) is 17.8 Å². The molecule has 0 saturated carbocycles. The van der Waals surface area contributed by atoms with Crippen molar-refractivity contribution in [3.63, 3.8) is 0 Å². The summed E-state index contributed by atoms with van der Waals surface area (Å²) in [5, 5.41) is 2.90. The van der Waals surface area contributed by atoms with Crippen molar-refractivity contribution in [1.29, 1.82) is 0 Å². The first kappa shape index (κ1) is 14.9. The summed E-state index contributed by atoms with van der Waals surface area (Å²) in [6.07, 6.45) is 0.836. The molecule has 1 aromatic rings. The second kappa shape index (κ2) is 6.17. The number of anilines is 2. The van der Waals surface area contributed by atoms with Crippen LogP contribution in [0.3, 0.4) is 0 Å². The highest BCUT2D eigenvalue weighted by molar-refractivity contribution is 5.80. The van der Waals surface area contributed by atoms with Crippen molar-refractivity contribution in [3.05, 3.63) is 0 Å². The fourth-order valence-electron chi connectivity index (χ4n) is 1.10. The van der Waals surface area contributed by atoms with Gasteiger partial charge in [-0.05, 0) is 20.3 Å². The topological polar surface area (TPSA) is 129 Å². The Balaban J connectivity index is 2.73. The Bertz CT molecular complexity index is 449. The maximum atomic E-state index is 11.2. The van der Waals surface area contributed by atoms with Crippen molar-refractivity contribution in [2.45, 2.75) is 27.2 Å². The Morgan fingerprint density at radius 3 is 2.63 bits per heavy atom. The van der Waals surface area contributed by atoms with Crippen LogP contribution < -0.4 is 21.5 Å². The minimum Gasteiger partial charge on any atom is -0.463 e. The van der Waals surface area contributed by atoms with Gasteiger partial charge in [-0.25, -0.2) is 0 Å². The van der Waals surface area contributed by atoms with E-state index in [4.69, 9.17) is 16.2 Å². The zero-order chi connectivity index (χ0) is 14.5. The van der Waals surface area contributed by atoms with Gasteiger partial charge in [0, 0.05) is 6.54 Å². The number of rotatable bonds is 7. The average molecular weight is 268 g/mol. The quantitative estimate of drug-likeness (QED) is 0.642. The molecule has 0 fully saturated rings. The lowest BCUT2D eigenvalue weighted by molar-refractivity contribution is -0.125. The lowest BCUT2D eigenvalue weighted by atomic mass is 9.93. The van der Waals surface area contributed by atoms with E-state index in [2.05, 4.69) is 20.3 Å². The van der Waals surface area contributed by atoms with Gasteiger partial charge in [0.1, 0.15) is 0 Å². The van der Waals surface area contributed by atoms with Crippen molar-refractivity contribution < 1.29 is 9.53 Å². The van der Waals surface area contributed by atoms with Crippen LogP contribution in [0.1, 0.15) is 27.2 Å². The molecule has 1 aromatic heterocycles. The van der Waals surface area contributed by atoms with Crippen molar-refractivity contribution >= 4 is 17.8 Å². The zero-order valence-electron chi connectivity index (χ0n) is 11.4. The number of ether oxygens (including phenoxy) is 1. The Morgan fingerprint density at radius 1 is 1.37 bits per heavy atom. The number of carbonyl (C=O) groups excluding carboxylic acids is 1. The van der Waals surface area contributed by atoms with Gasteiger partial charge in [-0.15, -0.1) is 0 Å². The third kappa shape index (κ3) is 4.57. The summed E-state index contributed by atoms with van der Waals surface area (Å²) in [6.45, 7) is 6.20. The molecule has 0 unspecified atom stereocenters. The third-order valence-corrected chi connectivity index (χ3v) is 2.42. The van der Waals surface area contributed by atoms with Gasteiger partial charge >= 0.3 is 6.01 Å². The summed E-state index contributed by atoms with van der Waals surface area (Å²) >= 11 is 0. The van der Waals surface area contributed by atoms with E-state index in [0.29, 0.717) is 13.2 Å². The van der Waals surface area contributed by atoms with E-state index in [1.165, 1.54) is 0 Å². The molecular weight excluding hydrogens is 248 g/mol. The van der Waals surface area contributed by atoms with E-state index in [1.807, 2.05) is 6.92 Å². The minimum absolute atomic E-state index is 0.0560. The van der Waals surface area contributed by atoms with E-state index in [-0.39, 0.29) is 17.9 Å². The maximum absolute atomic E-state index is 11.2. The lowest BCUT2D eigenvalue weighted by Gasteiger charge is -2.20. The van der Waals surface area contributed by atoms with Crippen LogP contribution in [-0.2, 0) is 4.79 Å². The summed E-state index contributed by atoms with van der Waals surface area (Å²) in [7, 11) is 0. The van der Waals surface area contributed by atoms with Crippen LogP contribution in [-0.4, -0.2) is 34.0 Å². The van der Waals surface area contributed by atoms with E-state index in [9.17, 15) is 4.79 Å². The first-order valence-corrected chi connectivity index (χ1v) is 6.03. The predicted molar refractivity (Wildman–Crippen MR) is 71.5 cm³/mol. The zero-order valence-corrected chi connectivity index (χ0v) is 11.4. The molecule has 106 valence electrons. The van der Waals surface area contributed by atoms with Crippen LogP contribution in [0.25, 0.3) is 0 Å². The van der Waals surface area contributed by atoms with Crippen molar-refractivity contribution in [1.82, 2.24) is 15.0 Å². The Labute approximate surface area is 112 Å². The number of hydrogen-bond donors (Lipinski definition) is 3. The molecule has 0 bridgehead atoms. The van der Waals surface area contributed by atoms with Gasteiger partial charge in [-0.1, -0.05) is 6.92 Å². The van der Waals surface area contributed by atoms with Crippen LogP contribution in [0.5, 0.6) is 6.01 Å². The third-order valence-electron chi connectivity index (χ3n) is 2.42. The van der Waals surface area contributed by atoms with Gasteiger partial charge in [-0.2, -0.15) is 15.0 Å². The van der Waals surface area contributed by atoms with Crippen LogP contribution >= 0.6 is 0 Å². The first-order chi connectivity index (χ1) is 8.85. The number of carbonyl (C=O) groups is 1. The van der Waals surface area contributed by atoms with E-state index >= 15 is 0 Å². The number of primary amides is 1. The molecule has 1 amide bonds. The average Bonchev–Trinajstić information content (AvgIpc) is 2.33. The molecule has 0 aliphatic rings. The van der Waals surface area contributed by atoms with Crippen LogP contribution in [0.15, 0.2) is 0 Å². The number of nitrogens with one attached hydrogen (secondary N) is 1. The first-order valence-electron chi connectivity index (χ1n) is 6.03. The molecule has 0 radical (unpaired) electrons. The van der Waals surface area contributed by atoms with Gasteiger partial charge in [0.05, 0.1) is 12.0 Å². The molecule has 0 saturated heterocycles. The van der Waals surface area contributed by atoms with Crippen LogP contribution in [0, 0.1) is 5.41 Å². The second-order valence-corrected chi connectivity index (χ2v) is 4.75. The van der Waals surface area contributed by atoms with Crippen molar-refractivity contribution in [2.24, 2.45) is 11.1 Å². The largest absolute Gasteiger partial charge is 0.463 e. The van der Waals surface area contributed by atoms with E-state index in [0.717, 1.165) is 6.42 Å². The summed E-state index contributed by atoms with van der Waals surface area (Å²) in [5.74, 6) is -0.0992. The Morgan fingerprint density at radius 2 is 2.05 bits per heavy atom. The molecule has 1 heterocycles. The molecule has 0 aliphatic heterocycles. The summed E-state index contributed by atoms with van der Waals surface area (Å²) in [6, 6.07) is 0.161. The van der Waals surface area contributed by atoms with Gasteiger partial charge in [0.15, 0.2) is 0 Å². The number of hydrogen-bond acceptors (Lipinski definition) is 7. The Kier molecular flexibility index (Phi) is 4.85. The lowest BCUT2D eigenvalue weighted by Crippen LogP contribution is -2.37. The highest BCUT2D eigenvalue weighted by atomic mass is 16.5. The summed E-state index contributed by atoms with van der Waals surface area (Å²) < 4.78 is 5.28. The molecule has 0 atom stereocenters. The van der Waals surface area contributed by atoms with Crippen LogP contribution in [0.2, 0.25) is 0 Å². The van der Waals surface area contributed by atoms with Crippen molar-refractivity contribution in [3.8, 4) is 6.01 Å². The molecule has 19 heavy (non-hydrogen) atoms. The summed E-state index contributed by atoms with van der Waals surface area (Å²) in [4.78, 5) is 23.0. The van der Waals surface area contributed by atoms with Crippen LogP contribution in [0.4, 0.5) is 11.9 Å². The molecule has 5 N–H and O–H groups in total. The summed E-state index contributed by atoms with van der Waals surface area (Å²) in [5.41, 5.74) is 10.1. The molecular formula is C11H20N6O2. The van der Waals surface area contributed by atoms with Gasteiger partial charge in [0.25, 0.3) is 0 Å². The second-order valence-electron chi connectivity index (χ2n) is 4.75. The SMILES string of the molecule is CCCOc1nc(N)nc(NCC(C)(C)C(N)=O)n1. The normalized spacial score (nSPS) is 11.1. The molecule has 0 aliphatic carbocycles. The standard InChI is InChI=1S/C11H20N6O2/c1-4-5-19-10-16-8(13)15-9(17-10)14-6-11(2,3)7(12)18/h4-6H2,1-3H3,(H2,12,18)(H3,13,14,15,16,17). The number of aromatic nitrogens is 3. The number of nitrogens with zero attached hydrogens (tertiary/aromatic N) is 3. The maximum Gasteiger partial charge on any atom is 0.323 e. The fraction of sp³-hybridized carbons (Fsp3) is 0.636. The fourth-order valence-corrected chi connectivity index (χ4v) is 1.10. The van der Waals surface area contributed by atoms with Gasteiger partial charge < -0.3 is 21.5 Å². The number of amides is 1. The van der Waals surface area contributed by atoms with Gasteiger partial charge in [-0.3, -0.25) is 4.79 Å². The Hall–Kier alpha value is -2.12. The van der Waals surface area contributed by atoms with Crippen molar-refractivity contribution in [2.75, 3.05) is 24.2 Å². The predicted octanol–water partition coefficient (Wildman–Crippen LogP) is 0.166. The smallest absolute Gasteiger partial charge is 0.323 e. The molecule has 1 rings (SSSR count). The minimum atomic E-state index is -0.716. The van der Waals surface area contributed by atoms with E-state index < -0.39 is 11.3 Å². The molecule has 0 spiro atoms. The highest BCUT2D eigenvalue weighted by Gasteiger charge is 2.25. The number of nitrogens with two attached hydrogens (primary N) is 2. The molecule has 8 nitrogen and oxygen atoms in total. The number of nitrogen functional groups attached to an aromatic ring is 1.